The molecular formula is C7H6N2S. The van der Waals surface area contributed by atoms with Gasteiger partial charge >= 0.3 is 0 Å². The van der Waals surface area contributed by atoms with Crippen molar-refractivity contribution in [3.8, 4) is 6.07 Å². The average molecular weight is 150 g/mol. The zero-order valence-corrected chi connectivity index (χ0v) is 6.14. The third kappa shape index (κ3) is 2.00. The van der Waals surface area contributed by atoms with E-state index in [1.54, 1.807) is 22.9 Å². The van der Waals surface area contributed by atoms with Crippen molar-refractivity contribution in [2.75, 3.05) is 0 Å². The summed E-state index contributed by atoms with van der Waals surface area (Å²) in [7, 11) is 0. The van der Waals surface area contributed by atoms with Crippen LogP contribution in [0.15, 0.2) is 17.0 Å². The van der Waals surface area contributed by atoms with E-state index in [9.17, 15) is 0 Å². The van der Waals surface area contributed by atoms with Gasteiger partial charge in [0.15, 0.2) is 0 Å². The van der Waals surface area contributed by atoms with Crippen molar-refractivity contribution in [2.45, 2.75) is 6.42 Å². The second kappa shape index (κ2) is 3.80. The molecular weight excluding hydrogens is 144 g/mol. The second-order valence-electron chi connectivity index (χ2n) is 1.68. The molecule has 0 bridgehead atoms. The molecule has 0 unspecified atom stereocenters. The lowest BCUT2D eigenvalue weighted by atomic mass is 10.3. The predicted octanol–water partition coefficient (Wildman–Crippen LogP) is 2.07. The normalized spacial score (nSPS) is 9.90. The van der Waals surface area contributed by atoms with E-state index in [1.165, 1.54) is 0 Å². The SMILES string of the molecule is N#CCC=Cc1cscn1. The molecule has 0 fully saturated rings. The van der Waals surface area contributed by atoms with Gasteiger partial charge in [0.2, 0.25) is 0 Å². The first-order valence-corrected chi connectivity index (χ1v) is 3.79. The van der Waals surface area contributed by atoms with Gasteiger partial charge in [-0.1, -0.05) is 6.08 Å². The minimum atomic E-state index is 0.456. The third-order valence-electron chi connectivity index (χ3n) is 0.949. The zero-order chi connectivity index (χ0) is 7.23. The molecule has 0 radical (unpaired) electrons. The molecule has 1 aromatic heterocycles. The van der Waals surface area contributed by atoms with E-state index in [0.29, 0.717) is 6.42 Å². The number of nitriles is 1. The van der Waals surface area contributed by atoms with Gasteiger partial charge in [0.25, 0.3) is 0 Å². The molecule has 1 heterocycles. The van der Waals surface area contributed by atoms with Crippen LogP contribution in [0.4, 0.5) is 0 Å². The molecule has 10 heavy (non-hydrogen) atoms. The lowest BCUT2D eigenvalue weighted by Gasteiger charge is -1.76. The van der Waals surface area contributed by atoms with E-state index in [1.807, 2.05) is 17.5 Å². The summed E-state index contributed by atoms with van der Waals surface area (Å²) in [4.78, 5) is 4.01. The Kier molecular flexibility index (Phi) is 2.65. The van der Waals surface area contributed by atoms with E-state index in [4.69, 9.17) is 5.26 Å². The lowest BCUT2D eigenvalue weighted by Crippen LogP contribution is -1.65. The number of hydrogen-bond acceptors (Lipinski definition) is 3. The van der Waals surface area contributed by atoms with E-state index >= 15 is 0 Å². The highest BCUT2D eigenvalue weighted by molar-refractivity contribution is 7.07. The molecule has 3 heteroatoms. The minimum absolute atomic E-state index is 0.456. The van der Waals surface area contributed by atoms with Crippen LogP contribution >= 0.6 is 11.3 Å². The molecule has 0 aromatic carbocycles. The summed E-state index contributed by atoms with van der Waals surface area (Å²) in [6.07, 6.45) is 4.10. The predicted molar refractivity (Wildman–Crippen MR) is 41.4 cm³/mol. The highest BCUT2D eigenvalue weighted by Gasteiger charge is 1.83. The molecule has 0 aliphatic rings. The maximum absolute atomic E-state index is 8.18. The van der Waals surface area contributed by atoms with Gasteiger partial charge in [-0.15, -0.1) is 11.3 Å². The van der Waals surface area contributed by atoms with Gasteiger partial charge in [-0.25, -0.2) is 4.98 Å². The summed E-state index contributed by atoms with van der Waals surface area (Å²) in [5, 5.41) is 10.1. The van der Waals surface area contributed by atoms with Crippen LogP contribution in [0.2, 0.25) is 0 Å². The summed E-state index contributed by atoms with van der Waals surface area (Å²) in [6, 6.07) is 2.02. The van der Waals surface area contributed by atoms with Crippen molar-refractivity contribution >= 4 is 17.4 Å². The Hall–Kier alpha value is -1.14. The molecule has 1 aromatic rings. The first-order chi connectivity index (χ1) is 4.93. The average Bonchev–Trinajstić information content (AvgIpc) is 2.41. The first-order valence-electron chi connectivity index (χ1n) is 2.85. The fourth-order valence-electron chi connectivity index (χ4n) is 0.537. The summed E-state index contributed by atoms with van der Waals surface area (Å²) in [6.45, 7) is 0. The number of allylic oxidation sites excluding steroid dienone is 1. The van der Waals surface area contributed by atoms with Gasteiger partial charge in [0.05, 0.1) is 23.7 Å². The maximum Gasteiger partial charge on any atom is 0.0798 e. The van der Waals surface area contributed by atoms with Crippen molar-refractivity contribution < 1.29 is 0 Å². The molecule has 0 amide bonds. The van der Waals surface area contributed by atoms with Crippen molar-refractivity contribution in [3.05, 3.63) is 22.7 Å². The van der Waals surface area contributed by atoms with Gasteiger partial charge in [-0.05, 0) is 6.08 Å². The van der Waals surface area contributed by atoms with Crippen LogP contribution in [-0.4, -0.2) is 4.98 Å². The minimum Gasteiger partial charge on any atom is -0.245 e. The Morgan fingerprint density at radius 1 is 1.80 bits per heavy atom. The highest BCUT2D eigenvalue weighted by Crippen LogP contribution is 2.02. The molecule has 0 saturated heterocycles. The Labute approximate surface area is 63.5 Å². The summed E-state index contributed by atoms with van der Waals surface area (Å²) >= 11 is 1.55. The molecule has 50 valence electrons. The second-order valence-corrected chi connectivity index (χ2v) is 2.40. The highest BCUT2D eigenvalue weighted by atomic mass is 32.1. The van der Waals surface area contributed by atoms with Crippen LogP contribution in [-0.2, 0) is 0 Å². The monoisotopic (exact) mass is 150 g/mol. The van der Waals surface area contributed by atoms with Crippen LogP contribution in [0.1, 0.15) is 12.1 Å². The standard InChI is InChI=1S/C7H6N2S/c8-4-2-1-3-7-5-10-6-9-7/h1,3,5-6H,2H2. The number of aromatic nitrogens is 1. The maximum atomic E-state index is 8.18. The Bertz CT molecular complexity index is 243. The van der Waals surface area contributed by atoms with Crippen LogP contribution < -0.4 is 0 Å². The molecule has 2 nitrogen and oxygen atoms in total. The molecule has 0 aliphatic carbocycles. The van der Waals surface area contributed by atoms with Crippen LogP contribution in [0, 0.1) is 11.3 Å². The first kappa shape index (κ1) is 6.97. The van der Waals surface area contributed by atoms with E-state index < -0.39 is 0 Å². The van der Waals surface area contributed by atoms with Gasteiger partial charge in [-0.3, -0.25) is 0 Å². The van der Waals surface area contributed by atoms with Gasteiger partial charge in [0, 0.05) is 5.38 Å². The molecule has 0 N–H and O–H groups in total. The largest absolute Gasteiger partial charge is 0.245 e. The lowest BCUT2D eigenvalue weighted by molar-refractivity contribution is 1.34. The van der Waals surface area contributed by atoms with Crippen molar-refractivity contribution in [1.29, 1.82) is 5.26 Å². The number of nitrogens with zero attached hydrogens (tertiary/aromatic N) is 2. The molecule has 0 saturated carbocycles. The smallest absolute Gasteiger partial charge is 0.0798 e. The molecule has 0 spiro atoms. The Morgan fingerprint density at radius 3 is 3.30 bits per heavy atom. The summed E-state index contributed by atoms with van der Waals surface area (Å²) in [5.41, 5.74) is 2.70. The van der Waals surface area contributed by atoms with Crippen molar-refractivity contribution in [3.63, 3.8) is 0 Å². The van der Waals surface area contributed by atoms with E-state index in [0.717, 1.165) is 5.69 Å². The fraction of sp³-hybridized carbons (Fsp3) is 0.143. The molecule has 0 atom stereocenters. The number of rotatable bonds is 2. The zero-order valence-electron chi connectivity index (χ0n) is 5.32. The van der Waals surface area contributed by atoms with Gasteiger partial charge in [-0.2, -0.15) is 5.26 Å². The van der Waals surface area contributed by atoms with Crippen molar-refractivity contribution in [1.82, 2.24) is 4.98 Å². The molecule has 0 aliphatic heterocycles. The van der Waals surface area contributed by atoms with Crippen molar-refractivity contribution in [2.24, 2.45) is 0 Å². The topological polar surface area (TPSA) is 36.7 Å². The van der Waals surface area contributed by atoms with Gasteiger partial charge in [0.1, 0.15) is 0 Å². The quantitative estimate of drug-likeness (QED) is 0.647. The molecule has 1 rings (SSSR count). The summed E-state index contributed by atoms with van der Waals surface area (Å²) in [5.74, 6) is 0. The van der Waals surface area contributed by atoms with Crippen LogP contribution in [0.3, 0.4) is 0 Å². The van der Waals surface area contributed by atoms with Crippen LogP contribution in [0.5, 0.6) is 0 Å². The Morgan fingerprint density at radius 2 is 2.70 bits per heavy atom. The van der Waals surface area contributed by atoms with E-state index in [2.05, 4.69) is 4.98 Å². The number of hydrogen-bond donors (Lipinski definition) is 0. The van der Waals surface area contributed by atoms with Crippen LogP contribution in [0.25, 0.3) is 6.08 Å². The van der Waals surface area contributed by atoms with E-state index in [-0.39, 0.29) is 0 Å². The number of thiazole rings is 1. The summed E-state index contributed by atoms with van der Waals surface area (Å²) < 4.78 is 0. The fourth-order valence-corrected chi connectivity index (χ4v) is 1.06. The third-order valence-corrected chi connectivity index (χ3v) is 1.55. The Balaban J connectivity index is 2.49. The van der Waals surface area contributed by atoms with Gasteiger partial charge < -0.3 is 0 Å².